The molecule has 1 aliphatic rings. The molecule has 0 aliphatic heterocycles. The van der Waals surface area contributed by atoms with Gasteiger partial charge in [-0.05, 0) is 39.8 Å². The molecule has 148 valence electrons. The molecule has 1 unspecified atom stereocenters. The molecular formula is C17H29F3N6. The molecule has 9 heteroatoms. The van der Waals surface area contributed by atoms with E-state index in [4.69, 9.17) is 0 Å². The lowest BCUT2D eigenvalue weighted by Gasteiger charge is -2.31. The summed E-state index contributed by atoms with van der Waals surface area (Å²) in [6.45, 7) is 0.621. The zero-order valence-corrected chi connectivity index (χ0v) is 15.8. The van der Waals surface area contributed by atoms with Crippen LogP contribution in [-0.4, -0.2) is 60.5 Å². The highest BCUT2D eigenvalue weighted by Crippen LogP contribution is 2.37. The number of hydrogen-bond acceptors (Lipinski definition) is 3. The normalized spacial score (nSPS) is 23.2. The van der Waals surface area contributed by atoms with Crippen molar-refractivity contribution in [3.05, 3.63) is 18.0 Å². The van der Waals surface area contributed by atoms with Gasteiger partial charge in [0, 0.05) is 38.4 Å². The van der Waals surface area contributed by atoms with E-state index in [2.05, 4.69) is 25.6 Å². The lowest BCUT2D eigenvalue weighted by Crippen LogP contribution is -2.47. The van der Waals surface area contributed by atoms with E-state index in [1.807, 2.05) is 33.5 Å². The molecule has 1 atom stereocenters. The van der Waals surface area contributed by atoms with Crippen molar-refractivity contribution in [1.29, 1.82) is 0 Å². The molecule has 1 heterocycles. The summed E-state index contributed by atoms with van der Waals surface area (Å²) < 4.78 is 40.1. The van der Waals surface area contributed by atoms with Crippen molar-refractivity contribution in [2.75, 3.05) is 27.7 Å². The lowest BCUT2D eigenvalue weighted by atomic mass is 9.85. The Morgan fingerprint density at radius 2 is 2.00 bits per heavy atom. The smallest absolute Gasteiger partial charge is 0.354 e. The molecule has 1 aliphatic carbocycles. The first kappa shape index (κ1) is 20.5. The van der Waals surface area contributed by atoms with Crippen LogP contribution in [0.5, 0.6) is 0 Å². The minimum absolute atomic E-state index is 0.0241. The highest BCUT2D eigenvalue weighted by molar-refractivity contribution is 5.80. The average Bonchev–Trinajstić information content (AvgIpc) is 2.99. The van der Waals surface area contributed by atoms with Crippen molar-refractivity contribution in [1.82, 2.24) is 25.3 Å². The fourth-order valence-corrected chi connectivity index (χ4v) is 3.36. The van der Waals surface area contributed by atoms with E-state index in [0.717, 1.165) is 5.56 Å². The topological polar surface area (TPSA) is 57.5 Å². The Kier molecular flexibility index (Phi) is 6.91. The van der Waals surface area contributed by atoms with Gasteiger partial charge in [-0.3, -0.25) is 9.67 Å². The van der Waals surface area contributed by atoms with E-state index in [-0.39, 0.29) is 24.9 Å². The van der Waals surface area contributed by atoms with Crippen LogP contribution in [0.3, 0.4) is 0 Å². The summed E-state index contributed by atoms with van der Waals surface area (Å²) >= 11 is 0. The fourth-order valence-electron chi connectivity index (χ4n) is 3.36. The first-order valence-electron chi connectivity index (χ1n) is 8.89. The number of halogens is 3. The van der Waals surface area contributed by atoms with E-state index >= 15 is 0 Å². The van der Waals surface area contributed by atoms with Crippen LogP contribution in [0.4, 0.5) is 13.2 Å². The molecule has 1 aromatic rings. The predicted molar refractivity (Wildman–Crippen MR) is 95.9 cm³/mol. The highest BCUT2D eigenvalue weighted by Gasteiger charge is 2.41. The third-order valence-electron chi connectivity index (χ3n) is 4.95. The van der Waals surface area contributed by atoms with E-state index in [1.165, 1.54) is 0 Å². The number of nitrogens with one attached hydrogen (secondary N) is 2. The maximum Gasteiger partial charge on any atom is 0.391 e. The number of likely N-dealkylation sites (N-methyl/N-ethyl adjacent to an activating group) is 1. The van der Waals surface area contributed by atoms with Gasteiger partial charge in [0.25, 0.3) is 0 Å². The van der Waals surface area contributed by atoms with Crippen molar-refractivity contribution in [2.45, 2.75) is 43.9 Å². The first-order chi connectivity index (χ1) is 12.2. The SMILES string of the molecule is CN=C(NCC(c1cnn(C)c1)N(C)C)NC1CCC(C(F)(F)F)CC1. The van der Waals surface area contributed by atoms with Gasteiger partial charge in [-0.25, -0.2) is 0 Å². The van der Waals surface area contributed by atoms with Gasteiger partial charge in [0.15, 0.2) is 5.96 Å². The first-order valence-corrected chi connectivity index (χ1v) is 8.89. The van der Waals surface area contributed by atoms with Gasteiger partial charge in [-0.2, -0.15) is 18.3 Å². The standard InChI is InChI=1S/C17H29F3N6/c1-21-16(24-14-7-5-13(6-8-14)17(18,19)20)22-10-15(25(2)3)12-9-23-26(4)11-12/h9,11,13-15H,5-8,10H2,1-4H3,(H2,21,22,24). The Hall–Kier alpha value is -1.77. The lowest BCUT2D eigenvalue weighted by molar-refractivity contribution is -0.182. The molecule has 0 amide bonds. The number of rotatable bonds is 5. The number of guanidine groups is 1. The van der Waals surface area contributed by atoms with Crippen molar-refractivity contribution >= 4 is 5.96 Å². The van der Waals surface area contributed by atoms with Crippen LogP contribution in [0.25, 0.3) is 0 Å². The molecule has 1 aromatic heterocycles. The van der Waals surface area contributed by atoms with E-state index < -0.39 is 12.1 Å². The third kappa shape index (κ3) is 5.62. The van der Waals surface area contributed by atoms with Crippen molar-refractivity contribution in [3.8, 4) is 0 Å². The van der Waals surface area contributed by atoms with Crippen molar-refractivity contribution in [2.24, 2.45) is 18.0 Å². The molecule has 0 aromatic carbocycles. The average molecular weight is 374 g/mol. The number of alkyl halides is 3. The summed E-state index contributed by atoms with van der Waals surface area (Å²) in [6, 6.07) is 0.138. The third-order valence-corrected chi connectivity index (χ3v) is 4.95. The molecule has 0 spiro atoms. The number of aliphatic imine (C=N–C) groups is 1. The molecule has 1 saturated carbocycles. The second kappa shape index (κ2) is 8.75. The monoisotopic (exact) mass is 374 g/mol. The molecule has 0 radical (unpaired) electrons. The van der Waals surface area contributed by atoms with Crippen LogP contribution in [-0.2, 0) is 7.05 Å². The Labute approximate surface area is 152 Å². The number of nitrogens with zero attached hydrogens (tertiary/aromatic N) is 4. The summed E-state index contributed by atoms with van der Waals surface area (Å²) in [7, 11) is 7.54. The van der Waals surface area contributed by atoms with Crippen molar-refractivity contribution < 1.29 is 13.2 Å². The second-order valence-electron chi connectivity index (χ2n) is 7.11. The quantitative estimate of drug-likeness (QED) is 0.613. The van der Waals surface area contributed by atoms with Gasteiger partial charge in [-0.1, -0.05) is 0 Å². The second-order valence-corrected chi connectivity index (χ2v) is 7.11. The van der Waals surface area contributed by atoms with Crippen LogP contribution in [0, 0.1) is 5.92 Å². The number of aryl methyl sites for hydroxylation is 1. The Bertz CT molecular complexity index is 588. The molecule has 0 saturated heterocycles. The van der Waals surface area contributed by atoms with Crippen LogP contribution in [0.2, 0.25) is 0 Å². The molecule has 26 heavy (non-hydrogen) atoms. The molecule has 0 bridgehead atoms. The van der Waals surface area contributed by atoms with Crippen LogP contribution < -0.4 is 10.6 Å². The van der Waals surface area contributed by atoms with Gasteiger partial charge in [0.1, 0.15) is 0 Å². The molecular weight excluding hydrogens is 345 g/mol. The zero-order valence-electron chi connectivity index (χ0n) is 15.8. The minimum atomic E-state index is -4.08. The molecule has 6 nitrogen and oxygen atoms in total. The number of aromatic nitrogens is 2. The van der Waals surface area contributed by atoms with Gasteiger partial charge < -0.3 is 15.5 Å². The molecule has 2 rings (SSSR count). The summed E-state index contributed by atoms with van der Waals surface area (Å²) in [5.41, 5.74) is 1.09. The maximum absolute atomic E-state index is 12.8. The van der Waals surface area contributed by atoms with Gasteiger partial charge >= 0.3 is 6.18 Å². The summed E-state index contributed by atoms with van der Waals surface area (Å²) in [6.07, 6.45) is 1.09. The Morgan fingerprint density at radius 1 is 1.35 bits per heavy atom. The van der Waals surface area contributed by atoms with E-state index in [1.54, 1.807) is 11.7 Å². The van der Waals surface area contributed by atoms with Crippen LogP contribution in [0.15, 0.2) is 17.4 Å². The number of hydrogen-bond donors (Lipinski definition) is 2. The van der Waals surface area contributed by atoms with Gasteiger partial charge in [0.2, 0.25) is 0 Å². The fraction of sp³-hybridized carbons (Fsp3) is 0.765. The highest BCUT2D eigenvalue weighted by atomic mass is 19.4. The van der Waals surface area contributed by atoms with Gasteiger partial charge in [-0.15, -0.1) is 0 Å². The predicted octanol–water partition coefficient (Wildman–Crippen LogP) is 2.31. The zero-order chi connectivity index (χ0) is 19.3. The van der Waals surface area contributed by atoms with Crippen LogP contribution in [0.1, 0.15) is 37.3 Å². The van der Waals surface area contributed by atoms with Gasteiger partial charge in [0.05, 0.1) is 18.2 Å². The molecule has 2 N–H and O–H groups in total. The summed E-state index contributed by atoms with van der Waals surface area (Å²) in [5, 5.41) is 10.8. The largest absolute Gasteiger partial charge is 0.391 e. The minimum Gasteiger partial charge on any atom is -0.354 e. The summed E-state index contributed by atoms with van der Waals surface area (Å²) in [4.78, 5) is 6.30. The molecule has 1 fully saturated rings. The Morgan fingerprint density at radius 3 is 2.46 bits per heavy atom. The maximum atomic E-state index is 12.8. The van der Waals surface area contributed by atoms with E-state index in [9.17, 15) is 13.2 Å². The summed E-state index contributed by atoms with van der Waals surface area (Å²) in [5.74, 6) is -0.546. The van der Waals surface area contributed by atoms with E-state index in [0.29, 0.717) is 25.3 Å². The van der Waals surface area contributed by atoms with Crippen molar-refractivity contribution in [3.63, 3.8) is 0 Å². The van der Waals surface area contributed by atoms with Crippen LogP contribution >= 0.6 is 0 Å². The Balaban J connectivity index is 1.86.